The molecule has 2 N–H and O–H groups in total. The van der Waals surface area contributed by atoms with Crippen LogP contribution >= 0.6 is 28.3 Å². The van der Waals surface area contributed by atoms with Gasteiger partial charge in [0.1, 0.15) is 12.4 Å². The van der Waals surface area contributed by atoms with Gasteiger partial charge in [0.25, 0.3) is 5.91 Å². The highest BCUT2D eigenvalue weighted by Gasteiger charge is 2.28. The molecule has 0 saturated carbocycles. The fraction of sp³-hybridized carbons (Fsp3) is 0.579. The van der Waals surface area contributed by atoms with E-state index in [2.05, 4.69) is 31.3 Å². The zero-order valence-corrected chi connectivity index (χ0v) is 18.9. The Morgan fingerprint density at radius 2 is 2.14 bits per heavy atom. The molecule has 0 aliphatic carbocycles. The van der Waals surface area contributed by atoms with Crippen molar-refractivity contribution in [3.63, 3.8) is 0 Å². The molecule has 0 spiro atoms. The van der Waals surface area contributed by atoms with Crippen molar-refractivity contribution in [2.24, 2.45) is 0 Å². The molecule has 1 aromatic rings. The Kier molecular flexibility index (Phi) is 10.6. The number of rotatable bonds is 7. The van der Waals surface area contributed by atoms with Crippen LogP contribution in [-0.4, -0.2) is 62.3 Å². The Hall–Kier alpha value is -1.51. The number of methoxy groups -OCH3 is 1. The lowest BCUT2D eigenvalue weighted by Crippen LogP contribution is -2.51. The molecule has 0 aromatic heterocycles. The minimum absolute atomic E-state index is 0. The third-order valence-electron chi connectivity index (χ3n) is 4.45. The summed E-state index contributed by atoms with van der Waals surface area (Å²) in [6.45, 7) is 6.49. The highest BCUT2D eigenvalue weighted by molar-refractivity contribution is 9.10. The van der Waals surface area contributed by atoms with Gasteiger partial charge < -0.3 is 25.0 Å². The molecule has 0 bridgehead atoms. The van der Waals surface area contributed by atoms with Crippen LogP contribution in [0.3, 0.4) is 0 Å². The summed E-state index contributed by atoms with van der Waals surface area (Å²) < 4.78 is 11.0. The van der Waals surface area contributed by atoms with E-state index in [0.29, 0.717) is 17.9 Å². The number of nitrogens with zero attached hydrogens (tertiary/aromatic N) is 1. The van der Waals surface area contributed by atoms with Gasteiger partial charge in [-0.2, -0.15) is 0 Å². The van der Waals surface area contributed by atoms with Gasteiger partial charge in [-0.1, -0.05) is 0 Å². The number of hydrogen-bond acceptors (Lipinski definition) is 5. The predicted molar refractivity (Wildman–Crippen MR) is 114 cm³/mol. The maximum atomic E-state index is 13.2. The number of carbonyl (C=O) groups is 2. The molecule has 0 radical (unpaired) electrons. The molecule has 1 atom stereocenters. The lowest BCUT2D eigenvalue weighted by molar-refractivity contribution is 0.0573. The van der Waals surface area contributed by atoms with Crippen molar-refractivity contribution in [2.75, 3.05) is 33.4 Å². The number of carbonyl (C=O) groups excluding carboxylic acids is 2. The first-order chi connectivity index (χ1) is 12.9. The highest BCUT2D eigenvalue weighted by atomic mass is 79.9. The summed E-state index contributed by atoms with van der Waals surface area (Å²) in [6, 6.07) is 5.67. The van der Waals surface area contributed by atoms with Crippen LogP contribution in [0.15, 0.2) is 22.7 Å². The molecule has 158 valence electrons. The summed E-state index contributed by atoms with van der Waals surface area (Å²) in [5.41, 5.74) is 0.591. The Labute approximate surface area is 181 Å². The fourth-order valence-electron chi connectivity index (χ4n) is 3.18. The molecule has 9 heteroatoms. The van der Waals surface area contributed by atoms with Crippen LogP contribution in [0, 0.1) is 0 Å². The van der Waals surface area contributed by atoms with Crippen LogP contribution < -0.4 is 15.4 Å². The molecule has 1 aromatic carbocycles. The van der Waals surface area contributed by atoms with Gasteiger partial charge in [0.05, 0.1) is 18.1 Å². The first-order valence-corrected chi connectivity index (χ1v) is 10.0. The van der Waals surface area contributed by atoms with Crippen LogP contribution in [0.25, 0.3) is 0 Å². The van der Waals surface area contributed by atoms with Gasteiger partial charge in [0.2, 0.25) is 0 Å². The van der Waals surface area contributed by atoms with Crippen molar-refractivity contribution in [3.05, 3.63) is 28.2 Å². The van der Waals surface area contributed by atoms with Crippen LogP contribution in [0.2, 0.25) is 0 Å². The third kappa shape index (κ3) is 6.83. The maximum Gasteiger partial charge on any atom is 0.406 e. The predicted octanol–water partition coefficient (Wildman–Crippen LogP) is 3.21. The minimum atomic E-state index is -0.504. The quantitative estimate of drug-likeness (QED) is 0.588. The van der Waals surface area contributed by atoms with Crippen molar-refractivity contribution in [2.45, 2.75) is 38.8 Å². The summed E-state index contributed by atoms with van der Waals surface area (Å²) in [6.07, 6.45) is 1.58. The average Bonchev–Trinajstić information content (AvgIpc) is 2.66. The fourth-order valence-corrected chi connectivity index (χ4v) is 3.54. The standard InChI is InChI=1S/C19H28BrN3O4.ClH/c1-13(2)23(15-5-4-8-21-12-15)18(24)14-6-7-16(20)17(11-14)27-10-9-22-19(25)26-3;/h6-7,11,13,15,21H,4-5,8-10,12H2,1-3H3,(H,22,25);1H/t15-;/m1./s1. The second-order valence-corrected chi connectivity index (χ2v) is 7.57. The van der Waals surface area contributed by atoms with E-state index in [1.807, 2.05) is 24.8 Å². The first kappa shape index (κ1) is 24.5. The van der Waals surface area contributed by atoms with E-state index in [-0.39, 0.29) is 37.0 Å². The largest absolute Gasteiger partial charge is 0.491 e. The molecule has 1 aliphatic heterocycles. The number of nitrogens with one attached hydrogen (secondary N) is 2. The van der Waals surface area contributed by atoms with E-state index < -0.39 is 6.09 Å². The van der Waals surface area contributed by atoms with E-state index >= 15 is 0 Å². The van der Waals surface area contributed by atoms with Gasteiger partial charge >= 0.3 is 6.09 Å². The Bertz CT molecular complexity index is 654. The van der Waals surface area contributed by atoms with Gasteiger partial charge in [-0.3, -0.25) is 4.79 Å². The smallest absolute Gasteiger partial charge is 0.406 e. The number of piperidine rings is 1. The summed E-state index contributed by atoms with van der Waals surface area (Å²) in [4.78, 5) is 26.2. The second kappa shape index (κ2) is 12.1. The normalized spacial score (nSPS) is 16.1. The molecule has 2 amide bonds. The third-order valence-corrected chi connectivity index (χ3v) is 5.10. The molecule has 0 unspecified atom stereocenters. The molecular formula is C19H29BrClN3O4. The summed E-state index contributed by atoms with van der Waals surface area (Å²) >= 11 is 3.44. The number of alkyl carbamates (subject to hydrolysis) is 1. The number of benzene rings is 1. The maximum absolute atomic E-state index is 13.2. The zero-order valence-electron chi connectivity index (χ0n) is 16.5. The molecular weight excluding hydrogens is 450 g/mol. The van der Waals surface area contributed by atoms with Crippen molar-refractivity contribution in [1.82, 2.24) is 15.5 Å². The molecule has 28 heavy (non-hydrogen) atoms. The monoisotopic (exact) mass is 477 g/mol. The molecule has 7 nitrogen and oxygen atoms in total. The van der Waals surface area contributed by atoms with Crippen molar-refractivity contribution < 1.29 is 19.1 Å². The van der Waals surface area contributed by atoms with E-state index in [1.165, 1.54) is 7.11 Å². The molecule has 1 saturated heterocycles. The van der Waals surface area contributed by atoms with Crippen molar-refractivity contribution in [3.8, 4) is 5.75 Å². The highest BCUT2D eigenvalue weighted by Crippen LogP contribution is 2.27. The van der Waals surface area contributed by atoms with Gasteiger partial charge in [0, 0.05) is 24.2 Å². The number of hydrogen-bond donors (Lipinski definition) is 2. The summed E-state index contributed by atoms with van der Waals surface area (Å²) in [5, 5.41) is 5.93. The Balaban J connectivity index is 0.00000392. The molecule has 1 aliphatic rings. The van der Waals surface area contributed by atoms with Gasteiger partial charge in [-0.25, -0.2) is 4.79 Å². The number of amides is 2. The van der Waals surface area contributed by atoms with Crippen LogP contribution in [-0.2, 0) is 4.74 Å². The number of halogens is 2. The van der Waals surface area contributed by atoms with Gasteiger partial charge in [0.15, 0.2) is 0 Å². The molecule has 1 fully saturated rings. The van der Waals surface area contributed by atoms with Crippen LogP contribution in [0.1, 0.15) is 37.0 Å². The second-order valence-electron chi connectivity index (χ2n) is 6.72. The lowest BCUT2D eigenvalue weighted by Gasteiger charge is -2.37. The lowest BCUT2D eigenvalue weighted by atomic mass is 10.0. The number of ether oxygens (including phenoxy) is 2. The summed E-state index contributed by atoms with van der Waals surface area (Å²) in [5.74, 6) is 0.571. The average molecular weight is 479 g/mol. The van der Waals surface area contributed by atoms with Crippen molar-refractivity contribution >= 4 is 40.3 Å². The first-order valence-electron chi connectivity index (χ1n) is 9.21. The van der Waals surface area contributed by atoms with Gasteiger partial charge in [-0.15, -0.1) is 12.4 Å². The summed E-state index contributed by atoms with van der Waals surface area (Å²) in [7, 11) is 1.31. The molecule has 2 rings (SSSR count). The van der Waals surface area contributed by atoms with Crippen LogP contribution in [0.4, 0.5) is 4.79 Å². The molecule has 1 heterocycles. The van der Waals surface area contributed by atoms with E-state index in [0.717, 1.165) is 30.4 Å². The van der Waals surface area contributed by atoms with E-state index in [1.54, 1.807) is 12.1 Å². The Morgan fingerprint density at radius 3 is 2.75 bits per heavy atom. The van der Waals surface area contributed by atoms with Gasteiger partial charge in [-0.05, 0) is 67.4 Å². The zero-order chi connectivity index (χ0) is 19.8. The topological polar surface area (TPSA) is 79.9 Å². The van der Waals surface area contributed by atoms with E-state index in [9.17, 15) is 9.59 Å². The van der Waals surface area contributed by atoms with Crippen molar-refractivity contribution in [1.29, 1.82) is 0 Å². The SMILES string of the molecule is COC(=O)NCCOc1cc(C(=O)N(C(C)C)[C@@H]2CCCNC2)ccc1Br.Cl. The minimum Gasteiger partial charge on any atom is -0.491 e. The van der Waals surface area contributed by atoms with E-state index in [4.69, 9.17) is 4.74 Å². The van der Waals surface area contributed by atoms with Crippen LogP contribution in [0.5, 0.6) is 5.75 Å². The Morgan fingerprint density at radius 1 is 1.39 bits per heavy atom.